The summed E-state index contributed by atoms with van der Waals surface area (Å²) in [5.41, 5.74) is 3.21. The molecular formula is C22H20N4O3S2. The molecule has 0 aliphatic rings. The van der Waals surface area contributed by atoms with Gasteiger partial charge in [-0.3, -0.25) is 0 Å². The Kier molecular flexibility index (Phi) is 6.26. The molecule has 0 aliphatic carbocycles. The Bertz CT molecular complexity index is 1280. The highest BCUT2D eigenvalue weighted by atomic mass is 32.2. The highest BCUT2D eigenvalue weighted by molar-refractivity contribution is 7.91. The minimum atomic E-state index is -3.51. The summed E-state index contributed by atoms with van der Waals surface area (Å²) in [5.74, 6) is 1.35. The predicted octanol–water partition coefficient (Wildman–Crippen LogP) is 4.44. The van der Waals surface area contributed by atoms with Crippen LogP contribution in [-0.4, -0.2) is 25.5 Å². The average molecular weight is 453 g/mol. The fourth-order valence-corrected chi connectivity index (χ4v) is 5.06. The Morgan fingerprint density at radius 2 is 1.87 bits per heavy atom. The molecule has 4 aromatic rings. The van der Waals surface area contributed by atoms with Crippen molar-refractivity contribution in [2.24, 2.45) is 0 Å². The molecule has 7 nitrogen and oxygen atoms in total. The molecule has 31 heavy (non-hydrogen) atoms. The molecule has 0 spiro atoms. The average Bonchev–Trinajstić information content (AvgIpc) is 3.34. The molecule has 2 heterocycles. The molecule has 0 unspecified atom stereocenters. The SMILES string of the molecule is COc1ccccc1-c1cc(Nc2cccc(CNS(=O)(=O)c3cccs3)c2)ncn1. The lowest BCUT2D eigenvalue weighted by atomic mass is 10.1. The van der Waals surface area contributed by atoms with E-state index in [1.54, 1.807) is 24.6 Å². The van der Waals surface area contributed by atoms with Crippen LogP contribution in [0.3, 0.4) is 0 Å². The number of aromatic nitrogens is 2. The molecule has 0 fully saturated rings. The Morgan fingerprint density at radius 1 is 1.00 bits per heavy atom. The number of hydrogen-bond acceptors (Lipinski definition) is 7. The molecule has 0 amide bonds. The molecule has 158 valence electrons. The minimum Gasteiger partial charge on any atom is -0.496 e. The van der Waals surface area contributed by atoms with Crippen LogP contribution >= 0.6 is 11.3 Å². The number of nitrogens with zero attached hydrogens (tertiary/aromatic N) is 2. The van der Waals surface area contributed by atoms with Gasteiger partial charge in [-0.2, -0.15) is 0 Å². The van der Waals surface area contributed by atoms with Gasteiger partial charge in [0.15, 0.2) is 0 Å². The largest absolute Gasteiger partial charge is 0.496 e. The number of anilines is 2. The first kappa shape index (κ1) is 21.0. The summed E-state index contributed by atoms with van der Waals surface area (Å²) in [7, 11) is -1.89. The first-order chi connectivity index (χ1) is 15.0. The second-order valence-corrected chi connectivity index (χ2v) is 9.51. The number of sulfonamides is 1. The number of methoxy groups -OCH3 is 1. The second kappa shape index (κ2) is 9.25. The molecule has 9 heteroatoms. The maximum Gasteiger partial charge on any atom is 0.250 e. The molecule has 0 atom stereocenters. The summed E-state index contributed by atoms with van der Waals surface area (Å²) in [6.07, 6.45) is 1.49. The fourth-order valence-electron chi connectivity index (χ4n) is 3.00. The van der Waals surface area contributed by atoms with Gasteiger partial charge >= 0.3 is 0 Å². The van der Waals surface area contributed by atoms with Gasteiger partial charge < -0.3 is 10.1 Å². The summed E-state index contributed by atoms with van der Waals surface area (Å²) >= 11 is 1.19. The molecule has 0 aliphatic heterocycles. The molecule has 2 aromatic heterocycles. The molecule has 0 saturated heterocycles. The maximum atomic E-state index is 12.3. The van der Waals surface area contributed by atoms with Crippen molar-refractivity contribution in [3.8, 4) is 17.0 Å². The normalized spacial score (nSPS) is 11.3. The van der Waals surface area contributed by atoms with Crippen LogP contribution in [0.25, 0.3) is 11.3 Å². The highest BCUT2D eigenvalue weighted by Gasteiger charge is 2.14. The van der Waals surface area contributed by atoms with Gasteiger partial charge in [-0.15, -0.1) is 11.3 Å². The quantitative estimate of drug-likeness (QED) is 0.411. The first-order valence-electron chi connectivity index (χ1n) is 9.40. The summed E-state index contributed by atoms with van der Waals surface area (Å²) in [4.78, 5) is 8.64. The van der Waals surface area contributed by atoms with Crippen molar-refractivity contribution in [1.29, 1.82) is 0 Å². The lowest BCUT2D eigenvalue weighted by molar-refractivity contribution is 0.416. The van der Waals surface area contributed by atoms with Crippen LogP contribution in [0.4, 0.5) is 11.5 Å². The predicted molar refractivity (Wildman–Crippen MR) is 122 cm³/mol. The summed E-state index contributed by atoms with van der Waals surface area (Å²) < 4.78 is 33.0. The number of rotatable bonds is 8. The van der Waals surface area contributed by atoms with Crippen LogP contribution in [0.5, 0.6) is 5.75 Å². The molecule has 0 bridgehead atoms. The van der Waals surface area contributed by atoms with E-state index in [4.69, 9.17) is 4.74 Å². The van der Waals surface area contributed by atoms with Gasteiger partial charge in [0.1, 0.15) is 22.1 Å². The van der Waals surface area contributed by atoms with Crippen molar-refractivity contribution in [2.45, 2.75) is 10.8 Å². The lowest BCUT2D eigenvalue weighted by Gasteiger charge is -2.11. The van der Waals surface area contributed by atoms with E-state index in [-0.39, 0.29) is 6.54 Å². The highest BCUT2D eigenvalue weighted by Crippen LogP contribution is 2.29. The number of para-hydroxylation sites is 1. The molecule has 0 saturated carbocycles. The fraction of sp³-hybridized carbons (Fsp3) is 0.0909. The third-order valence-corrected chi connectivity index (χ3v) is 7.27. The van der Waals surface area contributed by atoms with Gasteiger partial charge in [0.2, 0.25) is 10.0 Å². The Balaban J connectivity index is 1.49. The monoisotopic (exact) mass is 452 g/mol. The van der Waals surface area contributed by atoms with Crippen LogP contribution < -0.4 is 14.8 Å². The van der Waals surface area contributed by atoms with Crippen molar-refractivity contribution < 1.29 is 13.2 Å². The Morgan fingerprint density at radius 3 is 2.68 bits per heavy atom. The van der Waals surface area contributed by atoms with E-state index >= 15 is 0 Å². The van der Waals surface area contributed by atoms with Crippen molar-refractivity contribution in [3.05, 3.63) is 84.0 Å². The van der Waals surface area contributed by atoms with Crippen LogP contribution in [-0.2, 0) is 16.6 Å². The standard InChI is InChI=1S/C22H20N4O3S2/c1-29-20-9-3-2-8-18(20)19-13-21(24-15-23-19)26-17-7-4-6-16(12-17)14-25-31(27,28)22-10-5-11-30-22/h2-13,15,25H,14H2,1H3,(H,23,24,26). The van der Waals surface area contributed by atoms with Crippen LogP contribution in [0.15, 0.2) is 82.6 Å². The van der Waals surface area contributed by atoms with E-state index in [1.165, 1.54) is 17.7 Å². The van der Waals surface area contributed by atoms with Crippen molar-refractivity contribution in [2.75, 3.05) is 12.4 Å². The van der Waals surface area contributed by atoms with E-state index in [0.29, 0.717) is 10.0 Å². The van der Waals surface area contributed by atoms with Crippen molar-refractivity contribution in [3.63, 3.8) is 0 Å². The number of hydrogen-bond donors (Lipinski definition) is 2. The molecule has 4 rings (SSSR count). The first-order valence-corrected chi connectivity index (χ1v) is 11.8. The van der Waals surface area contributed by atoms with Crippen molar-refractivity contribution >= 4 is 32.9 Å². The number of nitrogens with one attached hydrogen (secondary N) is 2. The van der Waals surface area contributed by atoms with Gasteiger partial charge in [0.25, 0.3) is 0 Å². The lowest BCUT2D eigenvalue weighted by Crippen LogP contribution is -2.22. The van der Waals surface area contributed by atoms with Gasteiger partial charge in [-0.1, -0.05) is 30.3 Å². The zero-order chi connectivity index (χ0) is 21.7. The van der Waals surface area contributed by atoms with E-state index in [9.17, 15) is 8.42 Å². The maximum absolute atomic E-state index is 12.3. The van der Waals surface area contributed by atoms with Gasteiger partial charge in [-0.05, 0) is 41.3 Å². The van der Waals surface area contributed by atoms with Gasteiger partial charge in [-0.25, -0.2) is 23.1 Å². The molecule has 2 N–H and O–H groups in total. The third-order valence-electron chi connectivity index (χ3n) is 4.48. The summed E-state index contributed by atoms with van der Waals surface area (Å²) in [6.45, 7) is 0.186. The van der Waals surface area contributed by atoms with E-state index in [1.807, 2.05) is 54.6 Å². The van der Waals surface area contributed by atoms with E-state index < -0.39 is 10.0 Å². The second-order valence-electron chi connectivity index (χ2n) is 6.57. The zero-order valence-electron chi connectivity index (χ0n) is 16.6. The third kappa shape index (κ3) is 5.08. The van der Waals surface area contributed by atoms with Crippen LogP contribution in [0.2, 0.25) is 0 Å². The van der Waals surface area contributed by atoms with Crippen LogP contribution in [0.1, 0.15) is 5.56 Å². The summed E-state index contributed by atoms with van der Waals surface area (Å²) in [6, 6.07) is 20.3. The topological polar surface area (TPSA) is 93.2 Å². The number of thiophene rings is 1. The van der Waals surface area contributed by atoms with E-state index in [0.717, 1.165) is 28.3 Å². The van der Waals surface area contributed by atoms with E-state index in [2.05, 4.69) is 20.0 Å². The van der Waals surface area contributed by atoms with Gasteiger partial charge in [0, 0.05) is 23.9 Å². The molecule has 2 aromatic carbocycles. The number of benzene rings is 2. The number of ether oxygens (including phenoxy) is 1. The Hall–Kier alpha value is -3.27. The zero-order valence-corrected chi connectivity index (χ0v) is 18.3. The Labute approximate surface area is 184 Å². The van der Waals surface area contributed by atoms with Crippen LogP contribution in [0, 0.1) is 0 Å². The smallest absolute Gasteiger partial charge is 0.250 e. The summed E-state index contributed by atoms with van der Waals surface area (Å²) in [5, 5.41) is 4.99. The van der Waals surface area contributed by atoms with Gasteiger partial charge in [0.05, 0.1) is 12.8 Å². The minimum absolute atomic E-state index is 0.186. The van der Waals surface area contributed by atoms with Crippen molar-refractivity contribution in [1.82, 2.24) is 14.7 Å². The molecule has 0 radical (unpaired) electrons. The molecular weight excluding hydrogens is 432 g/mol.